The van der Waals surface area contributed by atoms with E-state index in [2.05, 4.69) is 55.4 Å². The standard InChI is InChI=1S/C71H138O17P2/c1-61(2)47-39-31-23-19-15-12-10-9-11-13-17-22-26-37-45-53-70(75)87-66(58-82-69(74)52-44-36-29-27-33-41-49-63(5)6)59-85-89(77,78)83-55-65(72)56-84-90(79,80)86-60-67(88-71(76)54-46-38-30-28-34-42-50-64(7)8)57-81-68(73)51-43-35-25-21-18-14-16-20-24-32-40-48-62(3)4/h61-67,72H,9-60H2,1-8H3,(H,77,78)(H,79,80)/t65?,66-,67-/m1/s1. The van der Waals surface area contributed by atoms with E-state index in [4.69, 9.17) is 37.0 Å². The van der Waals surface area contributed by atoms with Gasteiger partial charge in [0.05, 0.1) is 26.4 Å². The molecule has 0 saturated carbocycles. The molecule has 90 heavy (non-hydrogen) atoms. The van der Waals surface area contributed by atoms with Gasteiger partial charge < -0.3 is 33.8 Å². The zero-order chi connectivity index (χ0) is 66.8. The van der Waals surface area contributed by atoms with E-state index in [9.17, 15) is 43.2 Å². The highest BCUT2D eigenvalue weighted by molar-refractivity contribution is 7.47. The van der Waals surface area contributed by atoms with Gasteiger partial charge in [0, 0.05) is 25.7 Å². The Kier molecular flexibility index (Phi) is 59.4. The fourth-order valence-corrected chi connectivity index (χ4v) is 12.2. The normalized spacial score (nSPS) is 14.3. The van der Waals surface area contributed by atoms with E-state index in [0.717, 1.165) is 108 Å². The van der Waals surface area contributed by atoms with Crippen LogP contribution in [0.1, 0.15) is 351 Å². The van der Waals surface area contributed by atoms with Crippen molar-refractivity contribution in [1.29, 1.82) is 0 Å². The van der Waals surface area contributed by atoms with Gasteiger partial charge in [-0.25, -0.2) is 9.13 Å². The second-order valence-corrected chi connectivity index (χ2v) is 30.4. The summed E-state index contributed by atoms with van der Waals surface area (Å²) in [4.78, 5) is 72.5. The third-order valence-corrected chi connectivity index (χ3v) is 18.2. The van der Waals surface area contributed by atoms with Gasteiger partial charge in [-0.2, -0.15) is 0 Å². The Labute approximate surface area is 549 Å². The highest BCUT2D eigenvalue weighted by Crippen LogP contribution is 2.45. The van der Waals surface area contributed by atoms with E-state index in [1.54, 1.807) is 0 Å². The van der Waals surface area contributed by atoms with Crippen LogP contribution in [0.3, 0.4) is 0 Å². The van der Waals surface area contributed by atoms with Crippen LogP contribution in [0.15, 0.2) is 0 Å². The average Bonchev–Trinajstić information content (AvgIpc) is 3.66. The molecule has 3 N–H and O–H groups in total. The lowest BCUT2D eigenvalue weighted by molar-refractivity contribution is -0.161. The minimum Gasteiger partial charge on any atom is -0.462 e. The fourth-order valence-electron chi connectivity index (χ4n) is 10.7. The molecule has 534 valence electrons. The molecule has 3 unspecified atom stereocenters. The number of phosphoric ester groups is 2. The lowest BCUT2D eigenvalue weighted by Crippen LogP contribution is -2.30. The van der Waals surface area contributed by atoms with Crippen molar-refractivity contribution in [3.8, 4) is 0 Å². The Morgan fingerprint density at radius 3 is 0.689 bits per heavy atom. The van der Waals surface area contributed by atoms with Crippen molar-refractivity contribution >= 4 is 39.5 Å². The summed E-state index contributed by atoms with van der Waals surface area (Å²) in [5, 5.41) is 10.6. The summed E-state index contributed by atoms with van der Waals surface area (Å²) in [5.41, 5.74) is 0. The first-order valence-corrected chi connectivity index (χ1v) is 39.7. The molecule has 0 aliphatic rings. The highest BCUT2D eigenvalue weighted by Gasteiger charge is 2.30. The van der Waals surface area contributed by atoms with Crippen molar-refractivity contribution in [2.24, 2.45) is 23.7 Å². The van der Waals surface area contributed by atoms with Gasteiger partial charge in [0.1, 0.15) is 19.3 Å². The molecule has 5 atom stereocenters. The van der Waals surface area contributed by atoms with E-state index in [1.807, 2.05) is 0 Å². The number of aliphatic hydroxyl groups is 1. The third-order valence-electron chi connectivity index (χ3n) is 16.3. The summed E-state index contributed by atoms with van der Waals surface area (Å²) in [5.74, 6) is 0.789. The fraction of sp³-hybridized carbons (Fsp3) is 0.944. The Bertz CT molecular complexity index is 1780. The quantitative estimate of drug-likeness (QED) is 0.0222. The minimum absolute atomic E-state index is 0.101. The molecule has 0 aliphatic carbocycles. The first kappa shape index (κ1) is 88.1. The van der Waals surface area contributed by atoms with Crippen LogP contribution in [0.25, 0.3) is 0 Å². The molecule has 0 saturated heterocycles. The van der Waals surface area contributed by atoms with Crippen molar-refractivity contribution in [2.45, 2.75) is 369 Å². The molecule has 0 rings (SSSR count). The molecule has 0 aromatic rings. The molecular weight excluding hydrogens is 1190 g/mol. The van der Waals surface area contributed by atoms with E-state index in [0.29, 0.717) is 37.5 Å². The zero-order valence-corrected chi connectivity index (χ0v) is 60.6. The Morgan fingerprint density at radius 2 is 0.467 bits per heavy atom. The molecule has 17 nitrogen and oxygen atoms in total. The maximum Gasteiger partial charge on any atom is 0.472 e. The first-order valence-electron chi connectivity index (χ1n) is 36.7. The predicted octanol–water partition coefficient (Wildman–Crippen LogP) is 20.1. The van der Waals surface area contributed by atoms with Gasteiger partial charge in [0.25, 0.3) is 0 Å². The summed E-state index contributed by atoms with van der Waals surface area (Å²) in [6, 6.07) is 0. The number of esters is 4. The number of carbonyl (C=O) groups is 4. The minimum atomic E-state index is -4.95. The highest BCUT2D eigenvalue weighted by atomic mass is 31.2. The molecule has 0 aromatic carbocycles. The van der Waals surface area contributed by atoms with Crippen LogP contribution in [0, 0.1) is 23.7 Å². The number of hydrogen-bond donors (Lipinski definition) is 3. The first-order chi connectivity index (χ1) is 43.1. The second-order valence-electron chi connectivity index (χ2n) is 27.5. The second kappa shape index (κ2) is 60.7. The molecule has 0 heterocycles. The average molecular weight is 1330 g/mol. The topological polar surface area (TPSA) is 237 Å². The summed E-state index contributed by atoms with van der Waals surface area (Å²) in [6.07, 6.45) is 43.4. The zero-order valence-electron chi connectivity index (χ0n) is 58.8. The molecular formula is C71H138O17P2. The number of carbonyl (C=O) groups excluding carboxylic acids is 4. The SMILES string of the molecule is CC(C)CCCCCCCCCCCCCCCCCC(=O)O[C@H](COC(=O)CCCCCCCCC(C)C)COP(=O)(O)OCC(O)COP(=O)(O)OC[C@@H](COC(=O)CCCCCCCCCCCCCC(C)C)OC(=O)CCCCCCCCC(C)C. The maximum absolute atomic E-state index is 13.0. The van der Waals surface area contributed by atoms with Crippen LogP contribution in [0.5, 0.6) is 0 Å². The Balaban J connectivity index is 5.17. The predicted molar refractivity (Wildman–Crippen MR) is 363 cm³/mol. The lowest BCUT2D eigenvalue weighted by Gasteiger charge is -2.21. The number of ether oxygens (including phenoxy) is 4. The number of unbranched alkanes of at least 4 members (excludes halogenated alkanes) is 34. The Hall–Kier alpha value is -1.94. The molecule has 0 spiro atoms. The van der Waals surface area contributed by atoms with E-state index >= 15 is 0 Å². The van der Waals surface area contributed by atoms with E-state index in [1.165, 1.54) is 148 Å². The van der Waals surface area contributed by atoms with Gasteiger partial charge in [-0.3, -0.25) is 37.3 Å². The molecule has 0 bridgehead atoms. The summed E-state index contributed by atoms with van der Waals surface area (Å²) in [6.45, 7) is 14.0. The monoisotopic (exact) mass is 1320 g/mol. The number of hydrogen-bond acceptors (Lipinski definition) is 15. The number of phosphoric acid groups is 2. The molecule has 0 radical (unpaired) electrons. The summed E-state index contributed by atoms with van der Waals surface area (Å²) < 4.78 is 68.2. The van der Waals surface area contributed by atoms with Crippen LogP contribution in [0.2, 0.25) is 0 Å². The van der Waals surface area contributed by atoms with E-state index < -0.39 is 97.5 Å². The van der Waals surface area contributed by atoms with Gasteiger partial charge in [0.15, 0.2) is 12.2 Å². The number of aliphatic hydroxyl groups excluding tert-OH is 1. The van der Waals surface area contributed by atoms with Crippen molar-refractivity contribution in [3.05, 3.63) is 0 Å². The van der Waals surface area contributed by atoms with E-state index in [-0.39, 0.29) is 25.7 Å². The van der Waals surface area contributed by atoms with Crippen LogP contribution >= 0.6 is 15.6 Å². The van der Waals surface area contributed by atoms with Gasteiger partial charge in [-0.1, -0.05) is 299 Å². The van der Waals surface area contributed by atoms with Gasteiger partial charge in [-0.15, -0.1) is 0 Å². The van der Waals surface area contributed by atoms with Crippen molar-refractivity contribution in [1.82, 2.24) is 0 Å². The third kappa shape index (κ3) is 64.8. The van der Waals surface area contributed by atoms with Crippen molar-refractivity contribution < 1.29 is 80.2 Å². The molecule has 0 aliphatic heterocycles. The van der Waals surface area contributed by atoms with Crippen LogP contribution in [-0.4, -0.2) is 96.7 Å². The molecule has 0 amide bonds. The maximum atomic E-state index is 13.0. The van der Waals surface area contributed by atoms with Crippen LogP contribution < -0.4 is 0 Å². The van der Waals surface area contributed by atoms with Crippen molar-refractivity contribution in [2.75, 3.05) is 39.6 Å². The smallest absolute Gasteiger partial charge is 0.462 e. The van der Waals surface area contributed by atoms with Gasteiger partial charge in [-0.05, 0) is 49.4 Å². The number of rotatable bonds is 68. The van der Waals surface area contributed by atoms with Crippen molar-refractivity contribution in [3.63, 3.8) is 0 Å². The lowest BCUT2D eigenvalue weighted by atomic mass is 10.0. The summed E-state index contributed by atoms with van der Waals surface area (Å²) in [7, 11) is -9.90. The summed E-state index contributed by atoms with van der Waals surface area (Å²) >= 11 is 0. The molecule has 0 aromatic heterocycles. The molecule has 0 fully saturated rings. The van der Waals surface area contributed by atoms with Gasteiger partial charge >= 0.3 is 39.5 Å². The molecule has 19 heteroatoms. The largest absolute Gasteiger partial charge is 0.472 e. The Morgan fingerprint density at radius 1 is 0.278 bits per heavy atom. The van der Waals surface area contributed by atoms with Gasteiger partial charge in [0.2, 0.25) is 0 Å². The van der Waals surface area contributed by atoms with Crippen LogP contribution in [-0.2, 0) is 65.4 Å². The van der Waals surface area contributed by atoms with Crippen LogP contribution in [0.4, 0.5) is 0 Å².